The molecule has 5 nitrogen and oxygen atoms in total. The summed E-state index contributed by atoms with van der Waals surface area (Å²) >= 11 is 0. The van der Waals surface area contributed by atoms with Crippen LogP contribution in [-0.2, 0) is 11.3 Å². The third kappa shape index (κ3) is 3.85. The number of amides is 1. The predicted octanol–water partition coefficient (Wildman–Crippen LogP) is 2.80. The number of rotatable bonds is 7. The maximum Gasteiger partial charge on any atom is 0.222 e. The van der Waals surface area contributed by atoms with Crippen LogP contribution in [0.2, 0.25) is 0 Å². The van der Waals surface area contributed by atoms with Crippen molar-refractivity contribution < 1.29 is 4.79 Å². The minimum absolute atomic E-state index is 0.307. The molecule has 3 rings (SSSR count). The Morgan fingerprint density at radius 3 is 2.92 bits per heavy atom. The van der Waals surface area contributed by atoms with Crippen LogP contribution in [0.5, 0.6) is 0 Å². The van der Waals surface area contributed by atoms with Crippen LogP contribution in [-0.4, -0.2) is 40.6 Å². The van der Waals surface area contributed by atoms with Crippen molar-refractivity contribution in [3.63, 3.8) is 0 Å². The average molecular weight is 326 g/mol. The molecule has 2 N–H and O–H groups in total. The third-order valence-electron chi connectivity index (χ3n) is 4.78. The van der Waals surface area contributed by atoms with Gasteiger partial charge in [0.25, 0.3) is 0 Å². The zero-order valence-corrected chi connectivity index (χ0v) is 14.6. The molecule has 1 saturated heterocycles. The molecule has 0 bridgehead atoms. The summed E-state index contributed by atoms with van der Waals surface area (Å²) < 4.78 is 0. The molecule has 0 spiro atoms. The molecule has 128 valence electrons. The lowest BCUT2D eigenvalue weighted by atomic mass is 10.0. The second kappa shape index (κ2) is 7.62. The van der Waals surface area contributed by atoms with Gasteiger partial charge in [-0.1, -0.05) is 12.1 Å². The number of likely N-dealkylation sites (tertiary alicyclic amines) is 1. The summed E-state index contributed by atoms with van der Waals surface area (Å²) in [5.41, 5.74) is 6.02. The van der Waals surface area contributed by atoms with E-state index in [0.29, 0.717) is 5.91 Å². The monoisotopic (exact) mass is 326 g/mol. The van der Waals surface area contributed by atoms with E-state index in [1.165, 1.54) is 22.3 Å². The summed E-state index contributed by atoms with van der Waals surface area (Å²) in [6, 6.07) is 6.49. The number of aromatic nitrogens is 2. The first-order chi connectivity index (χ1) is 11.6. The molecule has 1 aliphatic rings. The van der Waals surface area contributed by atoms with Gasteiger partial charge in [-0.05, 0) is 50.4 Å². The fourth-order valence-electron chi connectivity index (χ4n) is 3.15. The van der Waals surface area contributed by atoms with Crippen molar-refractivity contribution in [2.45, 2.75) is 39.7 Å². The van der Waals surface area contributed by atoms with E-state index >= 15 is 0 Å². The first-order valence-electron chi connectivity index (χ1n) is 8.73. The highest BCUT2D eigenvalue weighted by atomic mass is 16.2. The van der Waals surface area contributed by atoms with Crippen LogP contribution < -0.4 is 5.32 Å². The summed E-state index contributed by atoms with van der Waals surface area (Å²) in [4.78, 5) is 13.5. The Bertz CT molecular complexity index is 707. The minimum Gasteiger partial charge on any atom is -0.343 e. The maximum atomic E-state index is 11.6. The summed E-state index contributed by atoms with van der Waals surface area (Å²) in [6.07, 6.45) is 4.62. The van der Waals surface area contributed by atoms with Gasteiger partial charge in [0.1, 0.15) is 0 Å². The largest absolute Gasteiger partial charge is 0.343 e. The number of benzene rings is 1. The Labute approximate surface area is 143 Å². The molecule has 1 aromatic heterocycles. The molecule has 2 heterocycles. The van der Waals surface area contributed by atoms with Crippen LogP contribution in [0.4, 0.5) is 0 Å². The lowest BCUT2D eigenvalue weighted by molar-refractivity contribution is -0.127. The van der Waals surface area contributed by atoms with Gasteiger partial charge in [0, 0.05) is 37.2 Å². The van der Waals surface area contributed by atoms with Gasteiger partial charge in [0.05, 0.1) is 11.9 Å². The van der Waals surface area contributed by atoms with Crippen molar-refractivity contribution in [1.29, 1.82) is 0 Å². The second-order valence-corrected chi connectivity index (χ2v) is 6.58. The van der Waals surface area contributed by atoms with E-state index in [9.17, 15) is 4.79 Å². The van der Waals surface area contributed by atoms with Crippen LogP contribution in [0, 0.1) is 13.8 Å². The molecule has 1 aliphatic heterocycles. The Hall–Kier alpha value is -2.14. The van der Waals surface area contributed by atoms with E-state index in [0.717, 1.165) is 51.1 Å². The number of nitrogens with zero attached hydrogens (tertiary/aromatic N) is 2. The standard InChI is InChI=1S/C19H26N4O/c1-14-6-7-16(11-15(14)2)19-17(13-21-22-19)12-20-8-4-10-23-9-3-5-18(23)24/h6-7,11,13,20H,3-5,8-10,12H2,1-2H3,(H,21,22). The Morgan fingerprint density at radius 1 is 1.29 bits per heavy atom. The summed E-state index contributed by atoms with van der Waals surface area (Å²) in [7, 11) is 0. The number of hydrogen-bond donors (Lipinski definition) is 2. The quantitative estimate of drug-likeness (QED) is 0.769. The lowest BCUT2D eigenvalue weighted by Gasteiger charge is -2.15. The summed E-state index contributed by atoms with van der Waals surface area (Å²) in [5, 5.41) is 10.8. The van der Waals surface area contributed by atoms with E-state index in [-0.39, 0.29) is 0 Å². The van der Waals surface area contributed by atoms with E-state index < -0.39 is 0 Å². The normalized spacial score (nSPS) is 14.6. The number of H-pyrrole nitrogens is 1. The molecule has 0 unspecified atom stereocenters. The molecule has 2 aromatic rings. The number of aromatic amines is 1. The van der Waals surface area contributed by atoms with Crippen molar-refractivity contribution in [3.05, 3.63) is 41.1 Å². The minimum atomic E-state index is 0.307. The Balaban J connectivity index is 1.50. The highest BCUT2D eigenvalue weighted by Crippen LogP contribution is 2.23. The van der Waals surface area contributed by atoms with E-state index in [1.54, 1.807) is 0 Å². The van der Waals surface area contributed by atoms with Gasteiger partial charge < -0.3 is 10.2 Å². The maximum absolute atomic E-state index is 11.6. The van der Waals surface area contributed by atoms with Gasteiger partial charge in [0.15, 0.2) is 0 Å². The molecule has 0 aliphatic carbocycles. The topological polar surface area (TPSA) is 61.0 Å². The van der Waals surface area contributed by atoms with Crippen LogP contribution in [0.15, 0.2) is 24.4 Å². The second-order valence-electron chi connectivity index (χ2n) is 6.58. The lowest BCUT2D eigenvalue weighted by Crippen LogP contribution is -2.28. The Kier molecular flexibility index (Phi) is 5.30. The molecule has 1 aromatic carbocycles. The highest BCUT2D eigenvalue weighted by Gasteiger charge is 2.18. The van der Waals surface area contributed by atoms with Crippen LogP contribution in [0.3, 0.4) is 0 Å². The molecular weight excluding hydrogens is 300 g/mol. The zero-order valence-electron chi connectivity index (χ0n) is 14.6. The van der Waals surface area contributed by atoms with Gasteiger partial charge in [-0.15, -0.1) is 0 Å². The van der Waals surface area contributed by atoms with E-state index in [2.05, 4.69) is 47.6 Å². The van der Waals surface area contributed by atoms with Gasteiger partial charge in [-0.2, -0.15) is 5.10 Å². The molecule has 5 heteroatoms. The van der Waals surface area contributed by atoms with E-state index in [4.69, 9.17) is 0 Å². The number of aryl methyl sites for hydroxylation is 2. The van der Waals surface area contributed by atoms with Crippen LogP contribution in [0.25, 0.3) is 11.3 Å². The van der Waals surface area contributed by atoms with Crippen molar-refractivity contribution in [3.8, 4) is 11.3 Å². The molecule has 1 amide bonds. The van der Waals surface area contributed by atoms with Crippen molar-refractivity contribution >= 4 is 5.91 Å². The molecule has 0 radical (unpaired) electrons. The van der Waals surface area contributed by atoms with Crippen LogP contribution >= 0.6 is 0 Å². The highest BCUT2D eigenvalue weighted by molar-refractivity contribution is 5.78. The van der Waals surface area contributed by atoms with Crippen molar-refractivity contribution in [1.82, 2.24) is 20.4 Å². The van der Waals surface area contributed by atoms with Crippen molar-refractivity contribution in [2.75, 3.05) is 19.6 Å². The van der Waals surface area contributed by atoms with Crippen molar-refractivity contribution in [2.24, 2.45) is 0 Å². The number of carbonyl (C=O) groups is 1. The van der Waals surface area contributed by atoms with Crippen LogP contribution in [0.1, 0.15) is 36.0 Å². The first kappa shape index (κ1) is 16.7. The predicted molar refractivity (Wildman–Crippen MR) is 95.6 cm³/mol. The summed E-state index contributed by atoms with van der Waals surface area (Å²) in [5.74, 6) is 0.307. The molecule has 24 heavy (non-hydrogen) atoms. The Morgan fingerprint density at radius 2 is 2.17 bits per heavy atom. The zero-order chi connectivity index (χ0) is 16.9. The number of carbonyl (C=O) groups excluding carboxylic acids is 1. The number of nitrogens with one attached hydrogen (secondary N) is 2. The first-order valence-corrected chi connectivity index (χ1v) is 8.73. The SMILES string of the molecule is Cc1ccc(-c2[nH]ncc2CNCCCN2CCCC2=O)cc1C. The van der Waals surface area contributed by atoms with Gasteiger partial charge in [0.2, 0.25) is 5.91 Å². The fourth-order valence-corrected chi connectivity index (χ4v) is 3.15. The smallest absolute Gasteiger partial charge is 0.222 e. The molecular formula is C19H26N4O. The van der Waals surface area contributed by atoms with Gasteiger partial charge in [-0.3, -0.25) is 9.89 Å². The van der Waals surface area contributed by atoms with Gasteiger partial charge >= 0.3 is 0 Å². The number of hydrogen-bond acceptors (Lipinski definition) is 3. The van der Waals surface area contributed by atoms with Gasteiger partial charge in [-0.25, -0.2) is 0 Å². The summed E-state index contributed by atoms with van der Waals surface area (Å²) in [6.45, 7) is 7.74. The van der Waals surface area contributed by atoms with E-state index in [1.807, 2.05) is 11.1 Å². The molecule has 1 fully saturated rings. The fraction of sp³-hybridized carbons (Fsp3) is 0.474. The average Bonchev–Trinajstić information content (AvgIpc) is 3.19. The molecule has 0 saturated carbocycles. The molecule has 0 atom stereocenters. The third-order valence-corrected chi connectivity index (χ3v) is 4.78.